The van der Waals surface area contributed by atoms with Gasteiger partial charge in [-0.15, -0.1) is 0 Å². The van der Waals surface area contributed by atoms with Crippen LogP contribution in [0.1, 0.15) is 6.92 Å². The fourth-order valence-corrected chi connectivity index (χ4v) is 2.07. The van der Waals surface area contributed by atoms with Crippen LogP contribution in [-0.4, -0.2) is 28.5 Å². The third-order valence-electron chi connectivity index (χ3n) is 3.24. The summed E-state index contributed by atoms with van der Waals surface area (Å²) in [7, 11) is 0. The Kier molecular flexibility index (Phi) is 5.65. The lowest BCUT2D eigenvalue weighted by Gasteiger charge is -2.26. The van der Waals surface area contributed by atoms with Crippen molar-refractivity contribution < 1.29 is 32.3 Å². The highest BCUT2D eigenvalue weighted by atomic mass is 19.1. The van der Waals surface area contributed by atoms with Gasteiger partial charge in [-0.3, -0.25) is 5.43 Å². The highest BCUT2D eigenvalue weighted by Gasteiger charge is 2.22. The normalized spacial score (nSPS) is 11.6. The van der Waals surface area contributed by atoms with E-state index in [0.29, 0.717) is 17.1 Å². The van der Waals surface area contributed by atoms with Crippen molar-refractivity contribution in [3.05, 3.63) is 53.6 Å². The van der Waals surface area contributed by atoms with Gasteiger partial charge in [0.05, 0.1) is 5.69 Å². The summed E-state index contributed by atoms with van der Waals surface area (Å²) in [4.78, 5) is 22.1. The molecular formula is C16H13F4N3O3. The minimum absolute atomic E-state index is 0.166. The number of carbonyl (C=O) groups is 2. The zero-order valence-corrected chi connectivity index (χ0v) is 13.3. The molecule has 1 amide bonds. The van der Waals surface area contributed by atoms with Crippen molar-refractivity contribution in [2.24, 2.45) is 0 Å². The number of hydrogen-bond donors (Lipinski definition) is 3. The quantitative estimate of drug-likeness (QED) is 0.408. The Balaban J connectivity index is 2.45. The summed E-state index contributed by atoms with van der Waals surface area (Å²) in [5, 5.41) is 11.9. The number of carboxylic acid groups (broad SMARTS) is 1. The number of hydrogen-bond acceptors (Lipinski definition) is 4. The van der Waals surface area contributed by atoms with E-state index in [9.17, 15) is 27.2 Å². The Morgan fingerprint density at radius 3 is 2.19 bits per heavy atom. The number of amides is 1. The fraction of sp³-hybridized carbons (Fsp3) is 0.125. The van der Waals surface area contributed by atoms with Gasteiger partial charge in [0, 0.05) is 17.8 Å². The van der Waals surface area contributed by atoms with Crippen molar-refractivity contribution in [1.29, 1.82) is 0 Å². The molecule has 0 bridgehead atoms. The van der Waals surface area contributed by atoms with Crippen LogP contribution in [-0.2, 0) is 4.79 Å². The molecule has 138 valence electrons. The van der Waals surface area contributed by atoms with E-state index in [-0.39, 0.29) is 17.7 Å². The first kappa shape index (κ1) is 19.0. The lowest BCUT2D eigenvalue weighted by molar-refractivity contribution is -0.111. The van der Waals surface area contributed by atoms with Crippen molar-refractivity contribution in [2.75, 3.05) is 10.7 Å². The summed E-state index contributed by atoms with van der Waals surface area (Å²) in [5.74, 6) is -4.06. The number of rotatable bonds is 6. The van der Waals surface area contributed by atoms with Crippen molar-refractivity contribution >= 4 is 29.4 Å². The summed E-state index contributed by atoms with van der Waals surface area (Å²) in [6.45, 7) is 1.23. The average Bonchev–Trinajstić information content (AvgIpc) is 2.52. The number of nitrogens with zero attached hydrogens (tertiary/aromatic N) is 1. The molecule has 0 fully saturated rings. The first-order chi connectivity index (χ1) is 12.2. The third kappa shape index (κ3) is 4.41. The molecule has 0 spiro atoms. The summed E-state index contributed by atoms with van der Waals surface area (Å²) in [5.41, 5.74) is 1.12. The van der Waals surface area contributed by atoms with Gasteiger partial charge in [-0.2, -0.15) is 0 Å². The minimum Gasteiger partial charge on any atom is -0.464 e. The molecule has 2 rings (SSSR count). The van der Waals surface area contributed by atoms with Gasteiger partial charge >= 0.3 is 6.09 Å². The van der Waals surface area contributed by atoms with Crippen LogP contribution < -0.4 is 10.7 Å². The number of aldehydes is 1. The molecule has 1 atom stereocenters. The molecule has 26 heavy (non-hydrogen) atoms. The SMILES string of the molecule is CC(C=O)N(Nc1c(F)cc(F)cc1Nc1cc(F)cc(F)c1)C(=O)O. The van der Waals surface area contributed by atoms with E-state index in [1.54, 1.807) is 0 Å². The Hall–Kier alpha value is -3.30. The van der Waals surface area contributed by atoms with Gasteiger partial charge in [0.15, 0.2) is 5.82 Å². The molecule has 2 aromatic carbocycles. The summed E-state index contributed by atoms with van der Waals surface area (Å²) < 4.78 is 54.3. The van der Waals surface area contributed by atoms with Gasteiger partial charge in [0.25, 0.3) is 0 Å². The van der Waals surface area contributed by atoms with Gasteiger partial charge in [-0.05, 0) is 25.1 Å². The monoisotopic (exact) mass is 371 g/mol. The van der Waals surface area contributed by atoms with Crippen LogP contribution in [0.3, 0.4) is 0 Å². The molecule has 0 aliphatic carbocycles. The Bertz CT molecular complexity index is 827. The lowest BCUT2D eigenvalue weighted by atomic mass is 10.2. The minimum atomic E-state index is -1.60. The predicted octanol–water partition coefficient (Wildman–Crippen LogP) is 3.88. The standard InChI is InChI=1S/C16H13F4N3O3/c1-8(7-24)23(16(25)26)22-15-13(20)5-11(19)6-14(15)21-12-3-9(17)2-10(18)4-12/h2-8,21-22H,1H3,(H,25,26). The average molecular weight is 371 g/mol. The second-order valence-corrected chi connectivity index (χ2v) is 5.23. The van der Waals surface area contributed by atoms with Gasteiger partial charge in [0.2, 0.25) is 0 Å². The van der Waals surface area contributed by atoms with Crippen LogP contribution in [0, 0.1) is 23.3 Å². The number of hydrazine groups is 1. The van der Waals surface area contributed by atoms with Crippen molar-refractivity contribution in [1.82, 2.24) is 5.01 Å². The van der Waals surface area contributed by atoms with E-state index in [2.05, 4.69) is 10.7 Å². The molecule has 0 saturated heterocycles. The molecule has 0 heterocycles. The highest BCUT2D eigenvalue weighted by molar-refractivity contribution is 5.79. The molecule has 0 aromatic heterocycles. The van der Waals surface area contributed by atoms with E-state index < -0.39 is 41.1 Å². The van der Waals surface area contributed by atoms with E-state index >= 15 is 0 Å². The highest BCUT2D eigenvalue weighted by Crippen LogP contribution is 2.31. The van der Waals surface area contributed by atoms with Crippen LogP contribution in [0.15, 0.2) is 30.3 Å². The zero-order chi connectivity index (χ0) is 19.4. The molecule has 10 heteroatoms. The molecule has 0 aliphatic heterocycles. The van der Waals surface area contributed by atoms with E-state index in [4.69, 9.17) is 5.11 Å². The Morgan fingerprint density at radius 2 is 1.65 bits per heavy atom. The van der Waals surface area contributed by atoms with Gasteiger partial charge < -0.3 is 15.2 Å². The molecule has 0 aliphatic rings. The summed E-state index contributed by atoms with van der Waals surface area (Å²) in [6, 6.07) is 2.42. The first-order valence-electron chi connectivity index (χ1n) is 7.17. The molecule has 2 aromatic rings. The zero-order valence-electron chi connectivity index (χ0n) is 13.3. The van der Waals surface area contributed by atoms with Crippen molar-refractivity contribution in [2.45, 2.75) is 13.0 Å². The second-order valence-electron chi connectivity index (χ2n) is 5.23. The van der Waals surface area contributed by atoms with E-state index in [1.165, 1.54) is 6.92 Å². The van der Waals surface area contributed by atoms with Gasteiger partial charge in [0.1, 0.15) is 35.5 Å². The van der Waals surface area contributed by atoms with Crippen molar-refractivity contribution in [3.8, 4) is 0 Å². The van der Waals surface area contributed by atoms with Crippen LogP contribution in [0.25, 0.3) is 0 Å². The topological polar surface area (TPSA) is 81.7 Å². The van der Waals surface area contributed by atoms with E-state index in [0.717, 1.165) is 18.2 Å². The third-order valence-corrected chi connectivity index (χ3v) is 3.24. The number of anilines is 3. The maximum atomic E-state index is 14.2. The summed E-state index contributed by atoms with van der Waals surface area (Å²) >= 11 is 0. The Labute approximate surface area is 145 Å². The number of nitrogens with one attached hydrogen (secondary N) is 2. The van der Waals surface area contributed by atoms with Crippen LogP contribution >= 0.6 is 0 Å². The van der Waals surface area contributed by atoms with Crippen LogP contribution in [0.5, 0.6) is 0 Å². The van der Waals surface area contributed by atoms with Crippen LogP contribution in [0.4, 0.5) is 39.4 Å². The van der Waals surface area contributed by atoms with Gasteiger partial charge in [-0.25, -0.2) is 27.4 Å². The Morgan fingerprint density at radius 1 is 1.08 bits per heavy atom. The number of benzene rings is 2. The maximum absolute atomic E-state index is 14.2. The second kappa shape index (κ2) is 7.72. The molecule has 6 nitrogen and oxygen atoms in total. The van der Waals surface area contributed by atoms with Crippen molar-refractivity contribution in [3.63, 3.8) is 0 Å². The molecule has 0 radical (unpaired) electrons. The smallest absolute Gasteiger partial charge is 0.426 e. The van der Waals surface area contributed by atoms with E-state index in [1.807, 2.05) is 0 Å². The number of halogens is 4. The predicted molar refractivity (Wildman–Crippen MR) is 85.0 cm³/mol. The lowest BCUT2D eigenvalue weighted by Crippen LogP contribution is -2.43. The molecule has 3 N–H and O–H groups in total. The largest absolute Gasteiger partial charge is 0.464 e. The van der Waals surface area contributed by atoms with Crippen LogP contribution in [0.2, 0.25) is 0 Å². The molecule has 0 saturated carbocycles. The molecule has 1 unspecified atom stereocenters. The first-order valence-corrected chi connectivity index (χ1v) is 7.17. The number of carbonyl (C=O) groups excluding carboxylic acids is 1. The molecular weight excluding hydrogens is 358 g/mol. The maximum Gasteiger partial charge on any atom is 0.426 e. The summed E-state index contributed by atoms with van der Waals surface area (Å²) in [6.07, 6.45) is -1.31. The fourth-order valence-electron chi connectivity index (χ4n) is 2.07. The van der Waals surface area contributed by atoms with Gasteiger partial charge in [-0.1, -0.05) is 0 Å².